The summed E-state index contributed by atoms with van der Waals surface area (Å²) in [6.45, 7) is 8.58. The fraction of sp³-hybridized carbons (Fsp3) is 0.857. The largest absolute Gasteiger partial charge is 0.455 e. The monoisotopic (exact) mass is 203 g/mol. The summed E-state index contributed by atoms with van der Waals surface area (Å²) in [6, 6.07) is 1.13. The van der Waals surface area contributed by atoms with Gasteiger partial charge in [0.05, 0.1) is 0 Å². The van der Waals surface area contributed by atoms with Crippen molar-refractivity contribution in [3.8, 4) is 0 Å². The molecular weight excluding hydrogens is 187 g/mol. The second-order valence-corrected chi connectivity index (χ2v) is 2.70. The first-order chi connectivity index (χ1) is 3.55. The molecule has 0 saturated carbocycles. The van der Waals surface area contributed by atoms with Gasteiger partial charge in [-0.05, 0) is 12.1 Å². The molecule has 0 heterocycles. The van der Waals surface area contributed by atoms with Crippen molar-refractivity contribution in [2.24, 2.45) is 0 Å². The summed E-state index contributed by atoms with van der Waals surface area (Å²) in [4.78, 5) is 2.08. The first-order valence-electron chi connectivity index (χ1n) is 3.14. The van der Waals surface area contributed by atoms with E-state index in [0.29, 0.717) is 12.1 Å². The zero-order chi connectivity index (χ0) is 6.73. The molecule has 1 radical (unpaired) electrons. The van der Waals surface area contributed by atoms with Crippen LogP contribution in [0.3, 0.4) is 0 Å². The van der Waals surface area contributed by atoms with Gasteiger partial charge in [-0.2, -0.15) is 0 Å². The molecule has 0 saturated heterocycles. The molecule has 0 aromatic rings. The maximum absolute atomic E-state index is 3.87. The molecule has 9 heavy (non-hydrogen) atoms. The van der Waals surface area contributed by atoms with E-state index in [1.54, 1.807) is 0 Å². The summed E-state index contributed by atoms with van der Waals surface area (Å²) < 4.78 is 0. The summed E-state index contributed by atoms with van der Waals surface area (Å²) in [5, 5.41) is 0. The van der Waals surface area contributed by atoms with E-state index in [2.05, 4.69) is 39.6 Å². The molecule has 53 valence electrons. The zero-order valence-electron chi connectivity index (χ0n) is 6.89. The molecule has 0 atom stereocenters. The summed E-state index contributed by atoms with van der Waals surface area (Å²) in [6.07, 6.45) is 0. The van der Waals surface area contributed by atoms with Crippen LogP contribution in [0.1, 0.15) is 27.7 Å². The van der Waals surface area contributed by atoms with Crippen molar-refractivity contribution in [3.63, 3.8) is 0 Å². The Kier molecular flexibility index (Phi) is 8.22. The van der Waals surface area contributed by atoms with Crippen molar-refractivity contribution in [3.05, 3.63) is 7.05 Å². The Balaban J connectivity index is 0. The third-order valence-electron chi connectivity index (χ3n) is 1.33. The third-order valence-corrected chi connectivity index (χ3v) is 1.33. The van der Waals surface area contributed by atoms with Gasteiger partial charge in [0.15, 0.2) is 0 Å². The van der Waals surface area contributed by atoms with Crippen LogP contribution in [0, 0.1) is 7.05 Å². The van der Waals surface area contributed by atoms with Crippen LogP contribution in [0.5, 0.6) is 0 Å². The number of hydrogen-bond acceptors (Lipinski definition) is 1. The van der Waals surface area contributed by atoms with Crippen LogP contribution >= 0.6 is 0 Å². The van der Waals surface area contributed by atoms with Crippen LogP contribution in [-0.2, 0) is 32.7 Å². The van der Waals surface area contributed by atoms with Gasteiger partial charge >= 0.3 is 0 Å². The molecule has 0 amide bonds. The molecule has 0 rings (SSSR count). The number of rotatable bonds is 2. The second-order valence-electron chi connectivity index (χ2n) is 2.70. The normalized spacial score (nSPS) is 10.7. The van der Waals surface area contributed by atoms with E-state index in [0.717, 1.165) is 0 Å². The Morgan fingerprint density at radius 2 is 1.22 bits per heavy atom. The molecule has 0 aliphatic rings. The van der Waals surface area contributed by atoms with Crippen LogP contribution in [0.25, 0.3) is 0 Å². The van der Waals surface area contributed by atoms with Crippen molar-refractivity contribution in [2.45, 2.75) is 39.8 Å². The van der Waals surface area contributed by atoms with E-state index in [1.807, 2.05) is 0 Å². The zero-order valence-corrected chi connectivity index (χ0v) is 9.72. The Morgan fingerprint density at radius 3 is 1.22 bits per heavy atom. The van der Waals surface area contributed by atoms with Crippen LogP contribution in [0.2, 0.25) is 0 Å². The molecule has 0 aliphatic heterocycles. The van der Waals surface area contributed by atoms with Gasteiger partial charge in [0, 0.05) is 32.7 Å². The van der Waals surface area contributed by atoms with Crippen molar-refractivity contribution < 1.29 is 32.7 Å². The van der Waals surface area contributed by atoms with Crippen LogP contribution in [-0.4, -0.2) is 17.0 Å². The molecule has 0 bridgehead atoms. The quantitative estimate of drug-likeness (QED) is 0.619. The van der Waals surface area contributed by atoms with E-state index in [1.165, 1.54) is 0 Å². The summed E-state index contributed by atoms with van der Waals surface area (Å²) >= 11 is 0. The van der Waals surface area contributed by atoms with Crippen molar-refractivity contribution in [1.29, 1.82) is 0 Å². The van der Waals surface area contributed by atoms with E-state index in [-0.39, 0.29) is 32.7 Å². The van der Waals surface area contributed by atoms with Gasteiger partial charge in [0.2, 0.25) is 0 Å². The first kappa shape index (κ1) is 12.7. The predicted molar refractivity (Wildman–Crippen MR) is 37.5 cm³/mol. The molecular formula is C7H16NY-. The van der Waals surface area contributed by atoms with Crippen LogP contribution < -0.4 is 0 Å². The maximum atomic E-state index is 3.87. The van der Waals surface area contributed by atoms with Gasteiger partial charge in [-0.15, -0.1) is 0 Å². The van der Waals surface area contributed by atoms with E-state index < -0.39 is 0 Å². The van der Waals surface area contributed by atoms with Gasteiger partial charge < -0.3 is 4.90 Å². The minimum Gasteiger partial charge on any atom is -0.455 e. The predicted octanol–water partition coefficient (Wildman–Crippen LogP) is 1.89. The average molecular weight is 203 g/mol. The van der Waals surface area contributed by atoms with Crippen molar-refractivity contribution in [2.75, 3.05) is 0 Å². The molecule has 0 N–H and O–H groups in total. The number of hydrogen-bond donors (Lipinski definition) is 0. The standard InChI is InChI=1S/C7H16N.Y/c1-6(2)8(5)7(3)4;/h6-7H,5H2,1-4H3;/q-1;. The van der Waals surface area contributed by atoms with Crippen molar-refractivity contribution in [1.82, 2.24) is 4.90 Å². The Bertz CT molecular complexity index is 53.9. The minimum atomic E-state index is 0. The molecule has 1 nitrogen and oxygen atoms in total. The van der Waals surface area contributed by atoms with Crippen molar-refractivity contribution >= 4 is 0 Å². The molecule has 0 aliphatic carbocycles. The topological polar surface area (TPSA) is 3.24 Å². The fourth-order valence-electron chi connectivity index (χ4n) is 0.596. The molecule has 0 unspecified atom stereocenters. The van der Waals surface area contributed by atoms with Crippen LogP contribution in [0.4, 0.5) is 0 Å². The molecule has 0 spiro atoms. The number of nitrogens with zero attached hydrogens (tertiary/aromatic N) is 1. The second kappa shape index (κ2) is 5.82. The SMILES string of the molecule is [CH2-]N(C(C)C)C(C)C.[Y]. The smallest absolute Gasteiger partial charge is 0 e. The first-order valence-corrected chi connectivity index (χ1v) is 3.14. The molecule has 0 fully saturated rings. The molecule has 0 aromatic heterocycles. The van der Waals surface area contributed by atoms with E-state index in [9.17, 15) is 0 Å². The van der Waals surface area contributed by atoms with Crippen LogP contribution in [0.15, 0.2) is 0 Å². The van der Waals surface area contributed by atoms with Gasteiger partial charge in [-0.3, -0.25) is 7.05 Å². The Morgan fingerprint density at radius 1 is 1.00 bits per heavy atom. The van der Waals surface area contributed by atoms with E-state index >= 15 is 0 Å². The van der Waals surface area contributed by atoms with Gasteiger partial charge in [-0.25, -0.2) is 0 Å². The van der Waals surface area contributed by atoms with Gasteiger partial charge in [0.1, 0.15) is 0 Å². The molecule has 2 heteroatoms. The summed E-state index contributed by atoms with van der Waals surface area (Å²) in [7, 11) is 3.87. The minimum absolute atomic E-state index is 0. The summed E-state index contributed by atoms with van der Waals surface area (Å²) in [5.74, 6) is 0. The Hall–Kier alpha value is 1.06. The fourth-order valence-corrected chi connectivity index (χ4v) is 0.596. The van der Waals surface area contributed by atoms with Gasteiger partial charge in [0.25, 0.3) is 0 Å². The van der Waals surface area contributed by atoms with E-state index in [4.69, 9.17) is 0 Å². The molecule has 0 aromatic carbocycles. The van der Waals surface area contributed by atoms with Gasteiger partial charge in [-0.1, -0.05) is 27.7 Å². The maximum Gasteiger partial charge on any atom is 0 e. The Labute approximate surface area is 84.1 Å². The third kappa shape index (κ3) is 5.51. The summed E-state index contributed by atoms with van der Waals surface area (Å²) in [5.41, 5.74) is 0. The average Bonchev–Trinajstić information content (AvgIpc) is 1.64.